The molecule has 3 rings (SSSR count). The van der Waals surface area contributed by atoms with E-state index in [0.717, 1.165) is 29.8 Å². The highest BCUT2D eigenvalue weighted by Crippen LogP contribution is 2.19. The first-order chi connectivity index (χ1) is 12.1. The van der Waals surface area contributed by atoms with Gasteiger partial charge in [-0.05, 0) is 36.6 Å². The van der Waals surface area contributed by atoms with Gasteiger partial charge in [0.25, 0.3) is 5.91 Å². The fraction of sp³-hybridized carbons (Fsp3) is 0.200. The number of rotatable bonds is 6. The van der Waals surface area contributed by atoms with Crippen LogP contribution in [0.1, 0.15) is 22.5 Å². The van der Waals surface area contributed by atoms with Crippen LogP contribution in [0.3, 0.4) is 0 Å². The van der Waals surface area contributed by atoms with Gasteiger partial charge in [0.15, 0.2) is 0 Å². The molecule has 0 unspecified atom stereocenters. The molecule has 0 fully saturated rings. The Balaban J connectivity index is 1.49. The molecule has 1 heterocycles. The number of halogens is 1. The average molecular weight is 354 g/mol. The Morgan fingerprint density at radius 2 is 1.76 bits per heavy atom. The van der Waals surface area contributed by atoms with Crippen molar-refractivity contribution in [2.45, 2.75) is 19.9 Å². The summed E-state index contributed by atoms with van der Waals surface area (Å²) in [4.78, 5) is 12.2. The lowest BCUT2D eigenvalue weighted by atomic mass is 10.0. The Morgan fingerprint density at radius 3 is 2.40 bits per heavy atom. The summed E-state index contributed by atoms with van der Waals surface area (Å²) in [5.74, 6) is -0.0608. The highest BCUT2D eigenvalue weighted by atomic mass is 35.5. The van der Waals surface area contributed by atoms with Gasteiger partial charge in [-0.15, -0.1) is 0 Å². The van der Waals surface area contributed by atoms with Crippen LogP contribution in [0.4, 0.5) is 0 Å². The van der Waals surface area contributed by atoms with E-state index in [1.54, 1.807) is 10.9 Å². The molecule has 0 aliphatic heterocycles. The first-order valence-corrected chi connectivity index (χ1v) is 8.64. The fourth-order valence-corrected chi connectivity index (χ4v) is 2.75. The second-order valence-electron chi connectivity index (χ2n) is 5.88. The molecule has 0 aliphatic carbocycles. The minimum Gasteiger partial charge on any atom is -0.352 e. The minimum absolute atomic E-state index is 0.0608. The van der Waals surface area contributed by atoms with Crippen LogP contribution in [0.2, 0.25) is 5.02 Å². The zero-order valence-corrected chi connectivity index (χ0v) is 14.8. The number of nitrogens with one attached hydrogen (secondary N) is 1. The Hall–Kier alpha value is -2.59. The van der Waals surface area contributed by atoms with Crippen LogP contribution in [-0.2, 0) is 6.54 Å². The van der Waals surface area contributed by atoms with E-state index >= 15 is 0 Å². The first-order valence-electron chi connectivity index (χ1n) is 8.27. The van der Waals surface area contributed by atoms with E-state index in [9.17, 15) is 4.79 Å². The second-order valence-corrected chi connectivity index (χ2v) is 6.29. The first kappa shape index (κ1) is 17.2. The van der Waals surface area contributed by atoms with E-state index in [2.05, 4.69) is 22.5 Å². The van der Waals surface area contributed by atoms with Gasteiger partial charge in [-0.25, -0.2) is 0 Å². The van der Waals surface area contributed by atoms with Crippen molar-refractivity contribution < 1.29 is 4.79 Å². The van der Waals surface area contributed by atoms with Crippen molar-refractivity contribution in [3.05, 3.63) is 77.1 Å². The van der Waals surface area contributed by atoms with Crippen LogP contribution < -0.4 is 5.32 Å². The van der Waals surface area contributed by atoms with Gasteiger partial charge in [-0.3, -0.25) is 9.48 Å². The van der Waals surface area contributed by atoms with Crippen LogP contribution in [0.25, 0.3) is 11.1 Å². The molecular formula is C20H20ClN3O. The third-order valence-electron chi connectivity index (χ3n) is 3.99. The lowest BCUT2D eigenvalue weighted by Crippen LogP contribution is -2.25. The number of amides is 1. The lowest BCUT2D eigenvalue weighted by Gasteiger charge is -2.07. The Kier molecular flexibility index (Phi) is 5.51. The molecule has 0 radical (unpaired) electrons. The maximum Gasteiger partial charge on any atom is 0.251 e. The largest absolute Gasteiger partial charge is 0.352 e. The van der Waals surface area contributed by atoms with Crippen LogP contribution in [0.5, 0.6) is 0 Å². The maximum atomic E-state index is 12.2. The number of hydrogen-bond acceptors (Lipinski definition) is 2. The third-order valence-corrected chi connectivity index (χ3v) is 4.36. The molecule has 1 aromatic heterocycles. The summed E-state index contributed by atoms with van der Waals surface area (Å²) in [6.45, 7) is 3.19. The van der Waals surface area contributed by atoms with E-state index in [1.165, 1.54) is 0 Å². The van der Waals surface area contributed by atoms with Gasteiger partial charge in [0.1, 0.15) is 0 Å². The molecule has 0 aliphatic rings. The Labute approximate surface area is 152 Å². The Bertz CT molecular complexity index is 822. The van der Waals surface area contributed by atoms with Crippen molar-refractivity contribution in [2.75, 3.05) is 6.54 Å². The monoisotopic (exact) mass is 353 g/mol. The number of benzene rings is 2. The van der Waals surface area contributed by atoms with Crippen LogP contribution in [0, 0.1) is 6.92 Å². The summed E-state index contributed by atoms with van der Waals surface area (Å²) in [5.41, 5.74) is 3.73. The van der Waals surface area contributed by atoms with Crippen molar-refractivity contribution >= 4 is 17.5 Å². The summed E-state index contributed by atoms with van der Waals surface area (Å²) >= 11 is 5.98. The molecule has 0 saturated carbocycles. The predicted molar refractivity (Wildman–Crippen MR) is 101 cm³/mol. The molecule has 0 spiro atoms. The van der Waals surface area contributed by atoms with Gasteiger partial charge < -0.3 is 5.32 Å². The topological polar surface area (TPSA) is 46.9 Å². The van der Waals surface area contributed by atoms with Crippen LogP contribution >= 0.6 is 11.6 Å². The average Bonchev–Trinajstić information content (AvgIpc) is 2.97. The smallest absolute Gasteiger partial charge is 0.251 e. The van der Waals surface area contributed by atoms with Gasteiger partial charge in [0.05, 0.1) is 10.7 Å². The van der Waals surface area contributed by atoms with Gasteiger partial charge in [-0.2, -0.15) is 5.10 Å². The standard InChI is InChI=1S/C20H20ClN3O/c1-15-19(21)14-24(23-15)13-5-12-22-20(25)18-10-8-17(9-11-18)16-6-3-2-4-7-16/h2-4,6-11,14H,5,12-13H2,1H3,(H,22,25). The summed E-state index contributed by atoms with van der Waals surface area (Å²) < 4.78 is 1.80. The number of carbonyl (C=O) groups excluding carboxylic acids is 1. The van der Waals surface area contributed by atoms with E-state index in [-0.39, 0.29) is 5.91 Å². The van der Waals surface area contributed by atoms with E-state index in [0.29, 0.717) is 17.1 Å². The molecule has 0 saturated heterocycles. The quantitative estimate of drug-likeness (QED) is 0.670. The highest BCUT2D eigenvalue weighted by Gasteiger charge is 2.06. The number of aromatic nitrogens is 2. The van der Waals surface area contributed by atoms with Crippen LogP contribution in [0.15, 0.2) is 60.8 Å². The molecule has 128 valence electrons. The number of carbonyl (C=O) groups is 1. The summed E-state index contributed by atoms with van der Waals surface area (Å²) in [6, 6.07) is 17.8. The van der Waals surface area contributed by atoms with Gasteiger partial charge in [0, 0.05) is 24.8 Å². The lowest BCUT2D eigenvalue weighted by molar-refractivity contribution is 0.0952. The van der Waals surface area contributed by atoms with Crippen LogP contribution in [-0.4, -0.2) is 22.2 Å². The molecule has 4 nitrogen and oxygen atoms in total. The molecule has 0 bridgehead atoms. The summed E-state index contributed by atoms with van der Waals surface area (Å²) in [7, 11) is 0. The van der Waals surface area contributed by atoms with E-state index in [4.69, 9.17) is 11.6 Å². The minimum atomic E-state index is -0.0608. The third kappa shape index (κ3) is 4.48. The van der Waals surface area contributed by atoms with Crippen molar-refractivity contribution in [2.24, 2.45) is 0 Å². The molecule has 3 aromatic rings. The van der Waals surface area contributed by atoms with Gasteiger partial charge in [-0.1, -0.05) is 54.1 Å². The number of aryl methyl sites for hydroxylation is 2. The van der Waals surface area contributed by atoms with Gasteiger partial charge in [0.2, 0.25) is 0 Å². The molecular weight excluding hydrogens is 334 g/mol. The van der Waals surface area contributed by atoms with Gasteiger partial charge >= 0.3 is 0 Å². The zero-order valence-electron chi connectivity index (χ0n) is 14.1. The Morgan fingerprint density at radius 1 is 1.08 bits per heavy atom. The molecule has 1 amide bonds. The van der Waals surface area contributed by atoms with Crippen molar-refractivity contribution in [1.82, 2.24) is 15.1 Å². The van der Waals surface area contributed by atoms with Crippen molar-refractivity contribution in [3.8, 4) is 11.1 Å². The predicted octanol–water partition coefficient (Wildman–Crippen LogP) is 4.33. The summed E-state index contributed by atoms with van der Waals surface area (Å²) in [5, 5.41) is 7.90. The number of nitrogens with zero attached hydrogens (tertiary/aromatic N) is 2. The highest BCUT2D eigenvalue weighted by molar-refractivity contribution is 6.31. The molecule has 0 atom stereocenters. The summed E-state index contributed by atoms with van der Waals surface area (Å²) in [6.07, 6.45) is 2.60. The maximum absolute atomic E-state index is 12.2. The van der Waals surface area contributed by atoms with Crippen molar-refractivity contribution in [1.29, 1.82) is 0 Å². The van der Waals surface area contributed by atoms with E-state index < -0.39 is 0 Å². The second kappa shape index (κ2) is 7.99. The number of hydrogen-bond donors (Lipinski definition) is 1. The normalized spacial score (nSPS) is 10.6. The molecule has 25 heavy (non-hydrogen) atoms. The molecule has 5 heteroatoms. The zero-order chi connectivity index (χ0) is 17.6. The van der Waals surface area contributed by atoms with E-state index in [1.807, 2.05) is 49.4 Å². The fourth-order valence-electron chi connectivity index (χ4n) is 2.60. The molecule has 2 aromatic carbocycles. The molecule has 1 N–H and O–H groups in total. The SMILES string of the molecule is Cc1nn(CCCNC(=O)c2ccc(-c3ccccc3)cc2)cc1Cl. The van der Waals surface area contributed by atoms with Crippen molar-refractivity contribution in [3.63, 3.8) is 0 Å².